The summed E-state index contributed by atoms with van der Waals surface area (Å²) in [7, 11) is -10.3. The number of furan rings is 1. The summed E-state index contributed by atoms with van der Waals surface area (Å²) in [6, 6.07) is 4.77. The van der Waals surface area contributed by atoms with Gasteiger partial charge in [-0.1, -0.05) is 0 Å². The molecule has 0 aliphatic heterocycles. The third-order valence-electron chi connectivity index (χ3n) is 2.97. The lowest BCUT2D eigenvalue weighted by molar-refractivity contribution is 0.343. The Hall–Kier alpha value is -1.58. The van der Waals surface area contributed by atoms with E-state index in [-0.39, 0.29) is 11.6 Å². The van der Waals surface area contributed by atoms with Gasteiger partial charge in [-0.05, 0) is 23.6 Å². The van der Waals surface area contributed by atoms with Gasteiger partial charge in [-0.25, -0.2) is 9.97 Å². The molecule has 3 heterocycles. The monoisotopic (exact) mass is 391 g/mol. The van der Waals surface area contributed by atoms with E-state index in [9.17, 15) is 28.7 Å². The number of anilines is 1. The summed E-state index contributed by atoms with van der Waals surface area (Å²) >= 11 is 1.23. The average molecular weight is 391 g/mol. The number of aromatic nitrogens is 2. The molecule has 0 saturated carbocycles. The molecule has 0 fully saturated rings. The van der Waals surface area contributed by atoms with Crippen molar-refractivity contribution in [2.75, 3.05) is 5.32 Å². The van der Waals surface area contributed by atoms with Crippen molar-refractivity contribution in [3.63, 3.8) is 0 Å². The predicted octanol–water partition coefficient (Wildman–Crippen LogP) is 2.00. The van der Waals surface area contributed by atoms with Crippen molar-refractivity contribution in [3.05, 3.63) is 29.8 Å². The minimum atomic E-state index is -5.15. The van der Waals surface area contributed by atoms with Crippen LogP contribution in [0.4, 0.5) is 5.82 Å². The van der Waals surface area contributed by atoms with E-state index in [1.54, 1.807) is 23.6 Å². The second-order valence-electron chi connectivity index (χ2n) is 4.71. The van der Waals surface area contributed by atoms with Crippen LogP contribution < -0.4 is 5.32 Å². The zero-order chi connectivity index (χ0) is 17.5. The van der Waals surface area contributed by atoms with Gasteiger partial charge in [0.25, 0.3) is 0 Å². The van der Waals surface area contributed by atoms with Crippen LogP contribution in [0.5, 0.6) is 0 Å². The molecule has 0 spiro atoms. The van der Waals surface area contributed by atoms with Crippen molar-refractivity contribution in [1.82, 2.24) is 9.97 Å². The van der Waals surface area contributed by atoms with Crippen LogP contribution in [0, 0.1) is 0 Å². The van der Waals surface area contributed by atoms with Crippen molar-refractivity contribution < 1.29 is 33.1 Å². The molecule has 0 amide bonds. The summed E-state index contributed by atoms with van der Waals surface area (Å²) in [6.07, 6.45) is 1.40. The van der Waals surface area contributed by atoms with Crippen LogP contribution in [0.15, 0.2) is 34.3 Å². The van der Waals surface area contributed by atoms with Crippen LogP contribution in [-0.2, 0) is 9.13 Å². The summed E-state index contributed by atoms with van der Waals surface area (Å²) in [5.41, 5.74) is -2.41. The summed E-state index contributed by atoms with van der Waals surface area (Å²) in [5, 5.41) is 4.22. The van der Waals surface area contributed by atoms with Crippen LogP contribution >= 0.6 is 26.5 Å². The van der Waals surface area contributed by atoms with Gasteiger partial charge in [0.05, 0.1) is 11.6 Å². The highest BCUT2D eigenvalue weighted by Gasteiger charge is 2.44. The van der Waals surface area contributed by atoms with Crippen molar-refractivity contribution in [3.8, 4) is 11.6 Å². The fourth-order valence-electron chi connectivity index (χ4n) is 1.97. The molecule has 0 radical (unpaired) electrons. The molecule has 0 aliphatic carbocycles. The minimum Gasteiger partial charge on any atom is -0.461 e. The van der Waals surface area contributed by atoms with E-state index in [0.717, 1.165) is 0 Å². The van der Waals surface area contributed by atoms with E-state index in [1.165, 1.54) is 17.6 Å². The lowest BCUT2D eigenvalue weighted by Gasteiger charge is -2.21. The van der Waals surface area contributed by atoms with Gasteiger partial charge >= 0.3 is 15.2 Å². The van der Waals surface area contributed by atoms with Crippen LogP contribution in [0.3, 0.4) is 0 Å². The van der Waals surface area contributed by atoms with Crippen LogP contribution in [-0.4, -0.2) is 35.1 Å². The van der Waals surface area contributed by atoms with Crippen LogP contribution in [0.1, 0.15) is 0 Å². The summed E-state index contributed by atoms with van der Waals surface area (Å²) < 4.78 is 28.1. The lowest BCUT2D eigenvalue weighted by Crippen LogP contribution is -2.21. The van der Waals surface area contributed by atoms with Gasteiger partial charge in [0.1, 0.15) is 10.6 Å². The van der Waals surface area contributed by atoms with E-state index in [4.69, 9.17) is 4.42 Å². The second kappa shape index (κ2) is 6.05. The summed E-state index contributed by atoms with van der Waals surface area (Å²) in [6.45, 7) is 0. The molecule has 3 rings (SSSR count). The molecule has 0 aromatic carbocycles. The van der Waals surface area contributed by atoms with Gasteiger partial charge in [0.2, 0.25) is 5.52 Å². The molecule has 24 heavy (non-hydrogen) atoms. The first kappa shape index (κ1) is 17.2. The number of nitrogens with zero attached hydrogens (tertiary/aromatic N) is 2. The molecule has 128 valence electrons. The summed E-state index contributed by atoms with van der Waals surface area (Å²) in [4.78, 5) is 45.8. The molecule has 3 aromatic heterocycles. The van der Waals surface area contributed by atoms with Gasteiger partial charge in [-0.3, -0.25) is 9.13 Å². The van der Waals surface area contributed by atoms with Crippen molar-refractivity contribution in [1.29, 1.82) is 0 Å². The van der Waals surface area contributed by atoms with E-state index in [0.29, 0.717) is 16.0 Å². The van der Waals surface area contributed by atoms with Crippen LogP contribution in [0.25, 0.3) is 21.8 Å². The van der Waals surface area contributed by atoms with Crippen molar-refractivity contribution >= 4 is 42.6 Å². The Morgan fingerprint density at radius 3 is 2.42 bits per heavy atom. The van der Waals surface area contributed by atoms with Gasteiger partial charge in [0.15, 0.2) is 11.6 Å². The molecule has 10 nitrogen and oxygen atoms in total. The Kier molecular flexibility index (Phi) is 4.35. The van der Waals surface area contributed by atoms with E-state index >= 15 is 0 Å². The zero-order valence-corrected chi connectivity index (χ0v) is 14.3. The number of thiophene rings is 1. The molecule has 0 unspecified atom stereocenters. The number of hydrogen-bond donors (Lipinski definition) is 5. The highest BCUT2D eigenvalue weighted by atomic mass is 32.1. The molecule has 0 aliphatic rings. The second-order valence-corrected chi connectivity index (χ2v) is 9.40. The highest BCUT2D eigenvalue weighted by Crippen LogP contribution is 2.59. The first-order chi connectivity index (χ1) is 11.2. The van der Waals surface area contributed by atoms with E-state index in [1.807, 2.05) is 0 Å². The Bertz CT molecular complexity index is 939. The Balaban J connectivity index is 2.13. The first-order valence-corrected chi connectivity index (χ1v) is 10.6. The van der Waals surface area contributed by atoms with Crippen molar-refractivity contribution in [2.45, 2.75) is 5.52 Å². The van der Waals surface area contributed by atoms with Gasteiger partial charge < -0.3 is 29.3 Å². The topological polar surface area (TPSA) is 166 Å². The van der Waals surface area contributed by atoms with E-state index < -0.39 is 20.7 Å². The molecule has 0 saturated heterocycles. The molecule has 0 bridgehead atoms. The number of rotatable bonds is 5. The third kappa shape index (κ3) is 3.42. The largest absolute Gasteiger partial charge is 0.461 e. The van der Waals surface area contributed by atoms with Gasteiger partial charge in [0, 0.05) is 0 Å². The molecule has 0 atom stereocenters. The van der Waals surface area contributed by atoms with Crippen molar-refractivity contribution in [2.24, 2.45) is 0 Å². The zero-order valence-electron chi connectivity index (χ0n) is 11.7. The predicted molar refractivity (Wildman–Crippen MR) is 86.6 cm³/mol. The maximum Gasteiger partial charge on any atom is 0.360 e. The lowest BCUT2D eigenvalue weighted by atomic mass is 10.3. The maximum atomic E-state index is 11.5. The van der Waals surface area contributed by atoms with E-state index in [2.05, 4.69) is 15.3 Å². The Labute approximate surface area is 138 Å². The minimum absolute atomic E-state index is 0.107. The van der Waals surface area contributed by atoms with Gasteiger partial charge in [-0.2, -0.15) is 0 Å². The standard InChI is InChI=1S/C11H11N3O7P2S/c15-22(16,17)11(23(18,19)20)14-8-6-3-5-24-10(6)13-9(12-8)7-2-1-4-21-7/h1-5,11H,(H,12,13,14)(H2,15,16,17)(H2,18,19,20). The molecule has 3 aromatic rings. The third-order valence-corrected chi connectivity index (χ3v) is 7.11. The molecular weight excluding hydrogens is 380 g/mol. The molecule has 5 N–H and O–H groups in total. The quantitative estimate of drug-likeness (QED) is 0.406. The van der Waals surface area contributed by atoms with Gasteiger partial charge in [-0.15, -0.1) is 11.3 Å². The molecular formula is C11H11N3O7P2S. The fraction of sp³-hybridized carbons (Fsp3) is 0.0909. The highest BCUT2D eigenvalue weighted by molar-refractivity contribution is 7.71. The fourth-order valence-corrected chi connectivity index (χ4v) is 4.88. The number of hydrogen-bond acceptors (Lipinski definition) is 7. The SMILES string of the molecule is O=P(O)(O)C(Nc1nc(-c2ccco2)nc2sccc12)P(=O)(O)O. The smallest absolute Gasteiger partial charge is 0.360 e. The Morgan fingerprint density at radius 1 is 1.12 bits per heavy atom. The average Bonchev–Trinajstić information content (AvgIpc) is 3.12. The first-order valence-electron chi connectivity index (χ1n) is 6.32. The summed E-state index contributed by atoms with van der Waals surface area (Å²) in [5.74, 6) is 0.314. The maximum absolute atomic E-state index is 11.5. The molecule has 13 heteroatoms. The Morgan fingerprint density at radius 2 is 1.83 bits per heavy atom. The van der Waals surface area contributed by atoms with Crippen LogP contribution in [0.2, 0.25) is 0 Å². The normalized spacial score (nSPS) is 12.9. The number of nitrogens with one attached hydrogen (secondary N) is 1. The number of fused-ring (bicyclic) bond motifs is 1.